The normalized spacial score (nSPS) is 18.4. The molecule has 0 radical (unpaired) electrons. The van der Waals surface area contributed by atoms with Gasteiger partial charge >= 0.3 is 0 Å². The zero-order valence-electron chi connectivity index (χ0n) is 15.2. The van der Waals surface area contributed by atoms with Crippen molar-refractivity contribution in [2.75, 3.05) is 26.2 Å². The third-order valence-electron chi connectivity index (χ3n) is 4.69. The average molecular weight is 390 g/mol. The van der Waals surface area contributed by atoms with Gasteiger partial charge in [-0.15, -0.1) is 0 Å². The highest BCUT2D eigenvalue weighted by Crippen LogP contribution is 2.17. The van der Waals surface area contributed by atoms with Gasteiger partial charge in [0, 0.05) is 30.3 Å². The summed E-state index contributed by atoms with van der Waals surface area (Å²) < 4.78 is 12.9. The Morgan fingerprint density at radius 2 is 1.93 bits per heavy atom. The number of hydrogen-bond acceptors (Lipinski definition) is 5. The number of benzene rings is 1. The van der Waals surface area contributed by atoms with Crippen LogP contribution in [0, 0.1) is 5.82 Å². The van der Waals surface area contributed by atoms with E-state index in [0.29, 0.717) is 16.3 Å². The molecule has 0 saturated carbocycles. The second kappa shape index (κ2) is 9.14. The Hall–Kier alpha value is -2.19. The minimum absolute atomic E-state index is 0.0925. The Labute approximate surface area is 162 Å². The molecule has 6 nitrogen and oxygen atoms in total. The average Bonchev–Trinajstić information content (AvgIpc) is 2.69. The van der Waals surface area contributed by atoms with Crippen molar-refractivity contribution < 1.29 is 14.0 Å². The van der Waals surface area contributed by atoms with Crippen molar-refractivity contribution >= 4 is 28.7 Å². The summed E-state index contributed by atoms with van der Waals surface area (Å²) in [6.45, 7) is 5.43. The van der Waals surface area contributed by atoms with Gasteiger partial charge in [0.1, 0.15) is 5.82 Å². The predicted molar refractivity (Wildman–Crippen MR) is 105 cm³/mol. The number of nitrogens with zero attached hydrogens (tertiary/aromatic N) is 2. The molecule has 8 heteroatoms. The summed E-state index contributed by atoms with van der Waals surface area (Å²) in [5, 5.41) is 7.91. The largest absolute Gasteiger partial charge is 0.349 e. The van der Waals surface area contributed by atoms with Gasteiger partial charge in [0.15, 0.2) is 5.17 Å². The van der Waals surface area contributed by atoms with Crippen LogP contribution in [-0.4, -0.2) is 54.1 Å². The van der Waals surface area contributed by atoms with Gasteiger partial charge < -0.3 is 15.5 Å². The quantitative estimate of drug-likeness (QED) is 0.826. The molecule has 144 valence electrons. The lowest BCUT2D eigenvalue weighted by atomic mass is 10.0. The molecular formula is C19H23FN4O2S. The van der Waals surface area contributed by atoms with E-state index in [1.165, 1.54) is 36.0 Å². The van der Waals surface area contributed by atoms with Crippen LogP contribution in [-0.2, 0) is 4.79 Å². The van der Waals surface area contributed by atoms with E-state index in [-0.39, 0.29) is 24.4 Å². The van der Waals surface area contributed by atoms with E-state index < -0.39 is 5.82 Å². The molecule has 1 aromatic carbocycles. The van der Waals surface area contributed by atoms with Gasteiger partial charge in [0.05, 0.1) is 6.54 Å². The van der Waals surface area contributed by atoms with Crippen molar-refractivity contribution in [3.8, 4) is 0 Å². The van der Waals surface area contributed by atoms with Crippen molar-refractivity contribution in [1.29, 1.82) is 0 Å². The predicted octanol–water partition coefficient (Wildman–Crippen LogP) is 2.14. The Bertz CT molecular complexity index is 755. The number of amides is 2. The monoisotopic (exact) mass is 390 g/mol. The Balaban J connectivity index is 1.46. The van der Waals surface area contributed by atoms with E-state index in [2.05, 4.69) is 27.4 Å². The molecule has 0 spiro atoms. The smallest absolute Gasteiger partial charge is 0.257 e. The summed E-state index contributed by atoms with van der Waals surface area (Å²) in [5.41, 5.74) is 0.948. The minimum atomic E-state index is -0.394. The van der Waals surface area contributed by atoms with Crippen LogP contribution in [0.15, 0.2) is 40.2 Å². The highest BCUT2D eigenvalue weighted by molar-refractivity contribution is 8.16. The molecule has 0 aliphatic carbocycles. The maximum atomic E-state index is 12.9. The lowest BCUT2D eigenvalue weighted by Gasteiger charge is -2.31. The first-order valence-electron chi connectivity index (χ1n) is 9.05. The van der Waals surface area contributed by atoms with Crippen LogP contribution < -0.4 is 10.6 Å². The van der Waals surface area contributed by atoms with Crippen molar-refractivity contribution in [3.05, 3.63) is 46.6 Å². The topological polar surface area (TPSA) is 73.8 Å². The standard InChI is InChI=1S/C19H23FN4O2S/c1-2-24-9-7-16(8-10-24)22-18(26)14-11-21-19(27-12-14)23-17(25)13-3-5-15(20)6-4-13/h3-6,12,16H,2,7-11H2,1H3,(H,22,26)(H,21,23,25). The Kier molecular flexibility index (Phi) is 6.63. The van der Waals surface area contributed by atoms with Crippen LogP contribution in [0.3, 0.4) is 0 Å². The molecule has 0 bridgehead atoms. The summed E-state index contributed by atoms with van der Waals surface area (Å²) in [6, 6.07) is 5.50. The van der Waals surface area contributed by atoms with Gasteiger partial charge in [-0.2, -0.15) is 0 Å². The molecule has 2 aliphatic rings. The van der Waals surface area contributed by atoms with Gasteiger partial charge in [-0.3, -0.25) is 14.6 Å². The molecule has 27 heavy (non-hydrogen) atoms. The molecule has 1 fully saturated rings. The number of hydrogen-bond donors (Lipinski definition) is 2. The van der Waals surface area contributed by atoms with Gasteiger partial charge in [0.25, 0.3) is 5.91 Å². The van der Waals surface area contributed by atoms with Crippen molar-refractivity contribution in [3.63, 3.8) is 0 Å². The molecule has 1 saturated heterocycles. The second-order valence-corrected chi connectivity index (χ2v) is 7.38. The number of aliphatic imine (C=N–C) groups is 1. The molecule has 0 aromatic heterocycles. The molecule has 2 heterocycles. The fraction of sp³-hybridized carbons (Fsp3) is 0.421. The fourth-order valence-electron chi connectivity index (χ4n) is 2.99. The number of nitrogens with one attached hydrogen (secondary N) is 2. The second-order valence-electron chi connectivity index (χ2n) is 6.53. The zero-order valence-corrected chi connectivity index (χ0v) is 16.0. The summed E-state index contributed by atoms with van der Waals surface area (Å²) in [6.07, 6.45) is 1.92. The number of likely N-dealkylation sites (tertiary alicyclic amines) is 1. The molecule has 0 unspecified atom stereocenters. The van der Waals surface area contributed by atoms with Crippen LogP contribution in [0.2, 0.25) is 0 Å². The third-order valence-corrected chi connectivity index (χ3v) is 5.55. The van der Waals surface area contributed by atoms with Crippen molar-refractivity contribution in [2.24, 2.45) is 4.99 Å². The molecular weight excluding hydrogens is 367 g/mol. The van der Waals surface area contributed by atoms with Crippen molar-refractivity contribution in [2.45, 2.75) is 25.8 Å². The highest BCUT2D eigenvalue weighted by atomic mass is 32.2. The summed E-state index contributed by atoms with van der Waals surface area (Å²) in [7, 11) is 0. The van der Waals surface area contributed by atoms with Crippen LogP contribution >= 0.6 is 11.8 Å². The van der Waals surface area contributed by atoms with Crippen molar-refractivity contribution in [1.82, 2.24) is 15.5 Å². The molecule has 1 aromatic rings. The van der Waals surface area contributed by atoms with Gasteiger partial charge in [-0.25, -0.2) is 4.39 Å². The molecule has 2 amide bonds. The van der Waals surface area contributed by atoms with Crippen LogP contribution in [0.1, 0.15) is 30.1 Å². The first-order chi connectivity index (χ1) is 13.0. The number of thioether (sulfide) groups is 1. The van der Waals surface area contributed by atoms with E-state index in [1.807, 2.05) is 0 Å². The number of carbonyl (C=O) groups is 2. The molecule has 2 N–H and O–H groups in total. The first kappa shape index (κ1) is 19.6. The molecule has 3 rings (SSSR count). The third kappa shape index (κ3) is 5.40. The van der Waals surface area contributed by atoms with Gasteiger partial charge in [-0.1, -0.05) is 18.7 Å². The van der Waals surface area contributed by atoms with E-state index in [4.69, 9.17) is 0 Å². The molecule has 0 atom stereocenters. The maximum Gasteiger partial charge on any atom is 0.257 e. The van der Waals surface area contributed by atoms with E-state index in [0.717, 1.165) is 32.5 Å². The number of rotatable bonds is 4. The molecule has 2 aliphatic heterocycles. The Morgan fingerprint density at radius 3 is 2.52 bits per heavy atom. The van der Waals surface area contributed by atoms with E-state index in [1.54, 1.807) is 5.41 Å². The summed E-state index contributed by atoms with van der Waals surface area (Å²) in [5.74, 6) is -0.842. The van der Waals surface area contributed by atoms with Gasteiger partial charge in [0.2, 0.25) is 5.91 Å². The van der Waals surface area contributed by atoms with Crippen LogP contribution in [0.25, 0.3) is 0 Å². The lowest BCUT2D eigenvalue weighted by molar-refractivity contribution is -0.118. The first-order valence-corrected chi connectivity index (χ1v) is 9.93. The van der Waals surface area contributed by atoms with E-state index in [9.17, 15) is 14.0 Å². The number of carbonyl (C=O) groups excluding carboxylic acids is 2. The summed E-state index contributed by atoms with van der Waals surface area (Å²) >= 11 is 1.20. The van der Waals surface area contributed by atoms with Crippen LogP contribution in [0.4, 0.5) is 4.39 Å². The Morgan fingerprint density at radius 1 is 1.22 bits per heavy atom. The zero-order chi connectivity index (χ0) is 19.2. The SMILES string of the molecule is CCN1CCC(NC(=O)C2=CSC(NC(=O)c3ccc(F)cc3)=NC2)CC1. The lowest BCUT2D eigenvalue weighted by Crippen LogP contribution is -2.45. The number of amidine groups is 1. The maximum absolute atomic E-state index is 12.9. The fourth-order valence-corrected chi connectivity index (χ4v) is 3.72. The van der Waals surface area contributed by atoms with Crippen LogP contribution in [0.5, 0.6) is 0 Å². The minimum Gasteiger partial charge on any atom is -0.349 e. The van der Waals surface area contributed by atoms with E-state index >= 15 is 0 Å². The number of piperidine rings is 1. The summed E-state index contributed by atoms with van der Waals surface area (Å²) in [4.78, 5) is 31.2. The van der Waals surface area contributed by atoms with Gasteiger partial charge in [-0.05, 0) is 49.1 Å². The highest BCUT2D eigenvalue weighted by Gasteiger charge is 2.22. The number of halogens is 1.